The van der Waals surface area contributed by atoms with Gasteiger partial charge in [0.25, 0.3) is 0 Å². The summed E-state index contributed by atoms with van der Waals surface area (Å²) in [5.41, 5.74) is 2.64. The first kappa shape index (κ1) is 17.0. The van der Waals surface area contributed by atoms with Gasteiger partial charge in [0.15, 0.2) is 11.5 Å². The van der Waals surface area contributed by atoms with Crippen molar-refractivity contribution in [3.05, 3.63) is 48.0 Å². The van der Waals surface area contributed by atoms with Crippen molar-refractivity contribution < 1.29 is 14.3 Å². The largest absolute Gasteiger partial charge is 0.490 e. The molecule has 3 aromatic rings. The van der Waals surface area contributed by atoms with Crippen LogP contribution < -0.4 is 14.8 Å². The van der Waals surface area contributed by atoms with Crippen molar-refractivity contribution in [3.8, 4) is 22.9 Å². The smallest absolute Gasteiger partial charge is 0.248 e. The molecule has 138 valence electrons. The van der Waals surface area contributed by atoms with Crippen molar-refractivity contribution in [3.63, 3.8) is 0 Å². The van der Waals surface area contributed by atoms with Crippen LogP contribution in [0.5, 0.6) is 11.5 Å². The minimum atomic E-state index is -0.252. The van der Waals surface area contributed by atoms with Gasteiger partial charge in [-0.05, 0) is 24.3 Å². The number of hydrogen-bond acceptors (Lipinski definition) is 6. The Labute approximate surface area is 156 Å². The molecule has 27 heavy (non-hydrogen) atoms. The van der Waals surface area contributed by atoms with Crippen LogP contribution in [0.25, 0.3) is 11.4 Å². The molecular formula is C19H19N5O3. The van der Waals surface area contributed by atoms with Crippen LogP contribution >= 0.6 is 0 Å². The van der Waals surface area contributed by atoms with Crippen LogP contribution in [-0.4, -0.2) is 39.3 Å². The SMILES string of the molecule is Cc1ccc(-c2nnn(CC(=O)Nc3ccc4c(c3)OCCCO4)n2)cc1. The van der Waals surface area contributed by atoms with Crippen LogP contribution in [0.3, 0.4) is 0 Å². The minimum Gasteiger partial charge on any atom is -0.490 e. The van der Waals surface area contributed by atoms with Gasteiger partial charge in [0.2, 0.25) is 11.7 Å². The van der Waals surface area contributed by atoms with Crippen LogP contribution in [0.15, 0.2) is 42.5 Å². The van der Waals surface area contributed by atoms with Crippen LogP contribution in [0.1, 0.15) is 12.0 Å². The molecule has 1 aromatic heterocycles. The van der Waals surface area contributed by atoms with Gasteiger partial charge in [-0.25, -0.2) is 0 Å². The highest BCUT2D eigenvalue weighted by Gasteiger charge is 2.13. The third-order valence-electron chi connectivity index (χ3n) is 4.08. The van der Waals surface area contributed by atoms with E-state index in [1.165, 1.54) is 4.80 Å². The highest BCUT2D eigenvalue weighted by atomic mass is 16.5. The molecule has 2 heterocycles. The van der Waals surface area contributed by atoms with Crippen LogP contribution in [0.2, 0.25) is 0 Å². The lowest BCUT2D eigenvalue weighted by Crippen LogP contribution is -2.20. The molecule has 1 aliphatic rings. The monoisotopic (exact) mass is 365 g/mol. The number of nitrogens with one attached hydrogen (secondary N) is 1. The van der Waals surface area contributed by atoms with E-state index in [0.717, 1.165) is 17.5 Å². The lowest BCUT2D eigenvalue weighted by molar-refractivity contribution is -0.117. The Hall–Kier alpha value is -3.42. The molecular weight excluding hydrogens is 346 g/mol. The molecule has 0 fully saturated rings. The summed E-state index contributed by atoms with van der Waals surface area (Å²) in [5.74, 6) is 1.55. The predicted octanol–water partition coefficient (Wildman–Crippen LogP) is 2.45. The molecule has 0 bridgehead atoms. The summed E-state index contributed by atoms with van der Waals surface area (Å²) in [6, 6.07) is 13.1. The summed E-state index contributed by atoms with van der Waals surface area (Å²) in [6.07, 6.45) is 0.831. The van der Waals surface area contributed by atoms with Gasteiger partial charge in [0.05, 0.1) is 13.2 Å². The normalized spacial score (nSPS) is 13.1. The van der Waals surface area contributed by atoms with E-state index >= 15 is 0 Å². The first-order chi connectivity index (χ1) is 13.2. The Balaban J connectivity index is 1.41. The van der Waals surface area contributed by atoms with Crippen LogP contribution in [0, 0.1) is 6.92 Å². The van der Waals surface area contributed by atoms with Gasteiger partial charge in [-0.1, -0.05) is 29.8 Å². The molecule has 0 spiro atoms. The molecule has 4 rings (SSSR count). The molecule has 8 nitrogen and oxygen atoms in total. The topological polar surface area (TPSA) is 91.2 Å². The van der Waals surface area contributed by atoms with Gasteiger partial charge >= 0.3 is 0 Å². The molecule has 0 saturated carbocycles. The maximum Gasteiger partial charge on any atom is 0.248 e. The number of aryl methyl sites for hydroxylation is 1. The lowest BCUT2D eigenvalue weighted by Gasteiger charge is -2.10. The number of nitrogens with zero attached hydrogens (tertiary/aromatic N) is 4. The zero-order chi connectivity index (χ0) is 18.6. The number of fused-ring (bicyclic) bond motifs is 1. The fourth-order valence-corrected chi connectivity index (χ4v) is 2.70. The van der Waals surface area contributed by atoms with E-state index in [0.29, 0.717) is 36.2 Å². The zero-order valence-electron chi connectivity index (χ0n) is 14.9. The average molecular weight is 365 g/mol. The van der Waals surface area contributed by atoms with E-state index in [1.54, 1.807) is 18.2 Å². The highest BCUT2D eigenvalue weighted by Crippen LogP contribution is 2.32. The van der Waals surface area contributed by atoms with E-state index in [1.807, 2.05) is 31.2 Å². The number of anilines is 1. The summed E-state index contributed by atoms with van der Waals surface area (Å²) in [4.78, 5) is 13.6. The number of rotatable bonds is 4. The Kier molecular flexibility index (Phi) is 4.69. The molecule has 0 aliphatic carbocycles. The van der Waals surface area contributed by atoms with Crippen molar-refractivity contribution in [1.29, 1.82) is 0 Å². The van der Waals surface area contributed by atoms with E-state index in [2.05, 4.69) is 20.7 Å². The minimum absolute atomic E-state index is 0.0344. The quantitative estimate of drug-likeness (QED) is 0.764. The van der Waals surface area contributed by atoms with Crippen LogP contribution in [-0.2, 0) is 11.3 Å². The molecule has 2 aromatic carbocycles. The Morgan fingerprint density at radius 2 is 1.89 bits per heavy atom. The number of ether oxygens (including phenoxy) is 2. The summed E-state index contributed by atoms with van der Waals surface area (Å²) >= 11 is 0. The van der Waals surface area contributed by atoms with E-state index in [-0.39, 0.29) is 12.5 Å². The van der Waals surface area contributed by atoms with E-state index < -0.39 is 0 Å². The Bertz CT molecular complexity index is 952. The molecule has 1 aliphatic heterocycles. The van der Waals surface area contributed by atoms with Gasteiger partial charge < -0.3 is 14.8 Å². The Morgan fingerprint density at radius 1 is 1.11 bits per heavy atom. The van der Waals surface area contributed by atoms with Crippen molar-refractivity contribution >= 4 is 11.6 Å². The molecule has 0 atom stereocenters. The zero-order valence-corrected chi connectivity index (χ0v) is 14.9. The van der Waals surface area contributed by atoms with Crippen molar-refractivity contribution in [1.82, 2.24) is 20.2 Å². The van der Waals surface area contributed by atoms with E-state index in [4.69, 9.17) is 9.47 Å². The number of benzene rings is 2. The second-order valence-corrected chi connectivity index (χ2v) is 6.27. The third-order valence-corrected chi connectivity index (χ3v) is 4.08. The first-order valence-electron chi connectivity index (χ1n) is 8.72. The van der Waals surface area contributed by atoms with Crippen molar-refractivity contribution in [2.75, 3.05) is 18.5 Å². The summed E-state index contributed by atoms with van der Waals surface area (Å²) in [7, 11) is 0. The number of hydrogen-bond donors (Lipinski definition) is 1. The number of aromatic nitrogens is 4. The maximum atomic E-state index is 12.3. The van der Waals surface area contributed by atoms with Gasteiger partial charge in [0, 0.05) is 23.7 Å². The number of carbonyl (C=O) groups excluding carboxylic acids is 1. The van der Waals surface area contributed by atoms with Gasteiger partial charge in [0.1, 0.15) is 6.54 Å². The van der Waals surface area contributed by atoms with Gasteiger partial charge in [-0.2, -0.15) is 4.80 Å². The van der Waals surface area contributed by atoms with Crippen molar-refractivity contribution in [2.24, 2.45) is 0 Å². The predicted molar refractivity (Wildman–Crippen MR) is 98.7 cm³/mol. The van der Waals surface area contributed by atoms with E-state index in [9.17, 15) is 4.79 Å². The summed E-state index contributed by atoms with van der Waals surface area (Å²) in [6.45, 7) is 3.19. The number of amides is 1. The Morgan fingerprint density at radius 3 is 2.70 bits per heavy atom. The van der Waals surface area contributed by atoms with Gasteiger partial charge in [-0.3, -0.25) is 4.79 Å². The molecule has 1 N–H and O–H groups in total. The van der Waals surface area contributed by atoms with Crippen molar-refractivity contribution in [2.45, 2.75) is 19.9 Å². The fraction of sp³-hybridized carbons (Fsp3) is 0.263. The summed E-state index contributed by atoms with van der Waals surface area (Å²) in [5, 5.41) is 15.0. The highest BCUT2D eigenvalue weighted by molar-refractivity contribution is 5.90. The van der Waals surface area contributed by atoms with Crippen LogP contribution in [0.4, 0.5) is 5.69 Å². The lowest BCUT2D eigenvalue weighted by atomic mass is 10.1. The average Bonchev–Trinajstić information content (AvgIpc) is 2.99. The molecule has 0 radical (unpaired) electrons. The molecule has 1 amide bonds. The molecule has 8 heteroatoms. The number of tetrazole rings is 1. The third kappa shape index (κ3) is 4.05. The second kappa shape index (κ2) is 7.45. The second-order valence-electron chi connectivity index (χ2n) is 6.27. The number of carbonyl (C=O) groups is 1. The standard InChI is InChI=1S/C19H19N5O3/c1-13-3-5-14(6-4-13)19-21-23-24(22-19)12-18(25)20-15-7-8-16-17(11-15)27-10-2-9-26-16/h3-8,11H,2,9-10,12H2,1H3,(H,20,25). The molecule has 0 saturated heterocycles. The summed E-state index contributed by atoms with van der Waals surface area (Å²) < 4.78 is 11.2. The molecule has 0 unspecified atom stereocenters. The maximum absolute atomic E-state index is 12.3. The fourth-order valence-electron chi connectivity index (χ4n) is 2.70. The first-order valence-corrected chi connectivity index (χ1v) is 8.72. The van der Waals surface area contributed by atoms with Gasteiger partial charge in [-0.15, -0.1) is 10.2 Å².